The Labute approximate surface area is 95.2 Å². The highest BCUT2D eigenvalue weighted by atomic mass is 79.9. The monoisotopic (exact) mass is 265 g/mol. The summed E-state index contributed by atoms with van der Waals surface area (Å²) >= 11 is 3.24. The molecule has 0 atom stereocenters. The van der Waals surface area contributed by atoms with E-state index in [4.69, 9.17) is 10.5 Å². The highest BCUT2D eigenvalue weighted by Crippen LogP contribution is 2.21. The van der Waals surface area contributed by atoms with Crippen molar-refractivity contribution < 1.29 is 4.74 Å². The molecular weight excluding hydrogens is 258 g/mol. The van der Waals surface area contributed by atoms with E-state index in [2.05, 4.69) is 25.9 Å². The van der Waals surface area contributed by atoms with Crippen molar-refractivity contribution in [3.63, 3.8) is 0 Å². The molecule has 0 unspecified atom stereocenters. The van der Waals surface area contributed by atoms with Crippen molar-refractivity contribution in [2.24, 2.45) is 0 Å². The zero-order valence-corrected chi connectivity index (χ0v) is 9.31. The highest BCUT2D eigenvalue weighted by molar-refractivity contribution is 9.10. The first-order chi connectivity index (χ1) is 7.24. The van der Waals surface area contributed by atoms with Crippen LogP contribution in [0.2, 0.25) is 0 Å². The standard InChI is InChI=1S/C10H8BrN3O/c11-9-3-1-7(5-13-9)15-8-2-4-10(12)14-6-8/h1-6H,(H2,12,14). The Kier molecular flexibility index (Phi) is 2.82. The summed E-state index contributed by atoms with van der Waals surface area (Å²) in [6.45, 7) is 0. The van der Waals surface area contributed by atoms with Gasteiger partial charge in [-0.1, -0.05) is 0 Å². The fourth-order valence-electron chi connectivity index (χ4n) is 1.01. The Balaban J connectivity index is 2.15. The predicted octanol–water partition coefficient (Wildman–Crippen LogP) is 2.61. The predicted molar refractivity (Wildman–Crippen MR) is 60.7 cm³/mol. The molecule has 4 nitrogen and oxygen atoms in total. The van der Waals surface area contributed by atoms with E-state index in [1.807, 2.05) is 6.07 Å². The lowest BCUT2D eigenvalue weighted by molar-refractivity contribution is 0.478. The smallest absolute Gasteiger partial charge is 0.145 e. The molecule has 0 saturated carbocycles. The third-order valence-corrected chi connectivity index (χ3v) is 2.16. The van der Waals surface area contributed by atoms with Gasteiger partial charge in [0, 0.05) is 0 Å². The van der Waals surface area contributed by atoms with Crippen molar-refractivity contribution >= 4 is 21.7 Å². The number of ether oxygens (including phenoxy) is 1. The first-order valence-electron chi connectivity index (χ1n) is 4.25. The fraction of sp³-hybridized carbons (Fsp3) is 0. The number of anilines is 1. The molecule has 2 aromatic rings. The number of nitrogen functional groups attached to an aromatic ring is 1. The Hall–Kier alpha value is -1.62. The van der Waals surface area contributed by atoms with E-state index in [0.29, 0.717) is 17.3 Å². The van der Waals surface area contributed by atoms with Crippen LogP contribution < -0.4 is 10.5 Å². The van der Waals surface area contributed by atoms with Gasteiger partial charge in [0.25, 0.3) is 0 Å². The van der Waals surface area contributed by atoms with Crippen molar-refractivity contribution in [1.82, 2.24) is 9.97 Å². The SMILES string of the molecule is Nc1ccc(Oc2ccc(Br)nc2)cn1. The van der Waals surface area contributed by atoms with Gasteiger partial charge >= 0.3 is 0 Å². The molecule has 0 aromatic carbocycles. The van der Waals surface area contributed by atoms with E-state index in [0.717, 1.165) is 4.60 Å². The van der Waals surface area contributed by atoms with Crippen LogP contribution >= 0.6 is 15.9 Å². The van der Waals surface area contributed by atoms with Crippen LogP contribution in [0, 0.1) is 0 Å². The summed E-state index contributed by atoms with van der Waals surface area (Å²) in [6.07, 6.45) is 3.19. The van der Waals surface area contributed by atoms with Gasteiger partial charge in [0.1, 0.15) is 21.9 Å². The molecule has 2 aromatic heterocycles. The zero-order valence-electron chi connectivity index (χ0n) is 7.72. The number of hydrogen-bond donors (Lipinski definition) is 1. The zero-order chi connectivity index (χ0) is 10.7. The summed E-state index contributed by atoms with van der Waals surface area (Å²) in [4.78, 5) is 7.96. The Morgan fingerprint density at radius 3 is 2.20 bits per heavy atom. The summed E-state index contributed by atoms with van der Waals surface area (Å²) in [5.74, 6) is 1.76. The molecule has 0 bridgehead atoms. The van der Waals surface area contributed by atoms with Crippen LogP contribution in [0.1, 0.15) is 0 Å². The summed E-state index contributed by atoms with van der Waals surface area (Å²) in [6, 6.07) is 7.06. The van der Waals surface area contributed by atoms with Gasteiger partial charge in [-0.25, -0.2) is 9.97 Å². The highest BCUT2D eigenvalue weighted by Gasteiger charge is 1.97. The fourth-order valence-corrected chi connectivity index (χ4v) is 1.25. The molecule has 2 N–H and O–H groups in total. The molecule has 2 rings (SSSR count). The van der Waals surface area contributed by atoms with Crippen LogP contribution in [0.5, 0.6) is 11.5 Å². The van der Waals surface area contributed by atoms with E-state index in [9.17, 15) is 0 Å². The molecule has 2 heterocycles. The minimum atomic E-state index is 0.469. The minimum Gasteiger partial charge on any atom is -0.454 e. The first-order valence-corrected chi connectivity index (χ1v) is 5.04. The lowest BCUT2D eigenvalue weighted by atomic mass is 10.4. The number of halogens is 1. The topological polar surface area (TPSA) is 61.0 Å². The molecule has 0 saturated heterocycles. The minimum absolute atomic E-state index is 0.469. The van der Waals surface area contributed by atoms with E-state index < -0.39 is 0 Å². The van der Waals surface area contributed by atoms with Crippen molar-refractivity contribution in [2.75, 3.05) is 5.73 Å². The number of aromatic nitrogens is 2. The summed E-state index contributed by atoms with van der Waals surface area (Å²) in [7, 11) is 0. The maximum absolute atomic E-state index is 5.49. The third-order valence-electron chi connectivity index (χ3n) is 1.70. The molecular formula is C10H8BrN3O. The molecule has 0 radical (unpaired) electrons. The molecule has 5 heteroatoms. The third kappa shape index (κ3) is 2.66. The van der Waals surface area contributed by atoms with Gasteiger partial charge in [0.2, 0.25) is 0 Å². The summed E-state index contributed by atoms with van der Waals surface area (Å²) < 4.78 is 6.26. The summed E-state index contributed by atoms with van der Waals surface area (Å²) in [5, 5.41) is 0. The van der Waals surface area contributed by atoms with Gasteiger partial charge in [-0.2, -0.15) is 0 Å². The molecule has 76 valence electrons. The van der Waals surface area contributed by atoms with Gasteiger partial charge < -0.3 is 10.5 Å². The van der Waals surface area contributed by atoms with Crippen molar-refractivity contribution in [3.8, 4) is 11.5 Å². The molecule has 0 aliphatic heterocycles. The van der Waals surface area contributed by atoms with E-state index >= 15 is 0 Å². The van der Waals surface area contributed by atoms with E-state index in [-0.39, 0.29) is 0 Å². The Bertz CT molecular complexity index is 398. The van der Waals surface area contributed by atoms with Gasteiger partial charge in [0.15, 0.2) is 0 Å². The normalized spacial score (nSPS) is 9.93. The average Bonchev–Trinajstić information content (AvgIpc) is 2.25. The second-order valence-corrected chi connectivity index (χ2v) is 3.65. The Morgan fingerprint density at radius 1 is 1.00 bits per heavy atom. The number of rotatable bonds is 2. The lowest BCUT2D eigenvalue weighted by Gasteiger charge is -2.04. The van der Waals surface area contributed by atoms with Crippen LogP contribution in [0.3, 0.4) is 0 Å². The second kappa shape index (κ2) is 4.27. The second-order valence-electron chi connectivity index (χ2n) is 2.84. The number of hydrogen-bond acceptors (Lipinski definition) is 4. The number of nitrogens with zero attached hydrogens (tertiary/aromatic N) is 2. The van der Waals surface area contributed by atoms with Gasteiger partial charge in [-0.05, 0) is 40.2 Å². The maximum Gasteiger partial charge on any atom is 0.145 e. The lowest BCUT2D eigenvalue weighted by Crippen LogP contribution is -1.90. The number of pyridine rings is 2. The van der Waals surface area contributed by atoms with Crippen LogP contribution in [-0.4, -0.2) is 9.97 Å². The van der Waals surface area contributed by atoms with Crippen molar-refractivity contribution in [1.29, 1.82) is 0 Å². The van der Waals surface area contributed by atoms with Crippen LogP contribution in [-0.2, 0) is 0 Å². The molecule has 0 spiro atoms. The van der Waals surface area contributed by atoms with Gasteiger partial charge in [0.05, 0.1) is 12.4 Å². The van der Waals surface area contributed by atoms with Crippen molar-refractivity contribution in [3.05, 3.63) is 41.3 Å². The average molecular weight is 266 g/mol. The van der Waals surface area contributed by atoms with E-state index in [1.165, 1.54) is 0 Å². The number of nitrogens with two attached hydrogens (primary N) is 1. The molecule has 0 amide bonds. The first kappa shape index (κ1) is 9.92. The van der Waals surface area contributed by atoms with Crippen LogP contribution in [0.25, 0.3) is 0 Å². The van der Waals surface area contributed by atoms with Gasteiger partial charge in [-0.15, -0.1) is 0 Å². The molecule has 0 fully saturated rings. The van der Waals surface area contributed by atoms with Crippen LogP contribution in [0.4, 0.5) is 5.82 Å². The van der Waals surface area contributed by atoms with Gasteiger partial charge in [-0.3, -0.25) is 0 Å². The molecule has 0 aliphatic carbocycles. The van der Waals surface area contributed by atoms with Crippen molar-refractivity contribution in [2.45, 2.75) is 0 Å². The maximum atomic E-state index is 5.49. The van der Waals surface area contributed by atoms with Crippen LogP contribution in [0.15, 0.2) is 41.3 Å². The summed E-state index contributed by atoms with van der Waals surface area (Å²) in [5.41, 5.74) is 5.45. The molecule has 0 aliphatic rings. The largest absolute Gasteiger partial charge is 0.454 e. The molecule has 15 heavy (non-hydrogen) atoms. The Morgan fingerprint density at radius 2 is 1.67 bits per heavy atom. The van der Waals surface area contributed by atoms with E-state index in [1.54, 1.807) is 30.6 Å². The quantitative estimate of drug-likeness (QED) is 0.849.